The lowest BCUT2D eigenvalue weighted by Gasteiger charge is -2.15. The highest BCUT2D eigenvalue weighted by atomic mass is 19.4. The van der Waals surface area contributed by atoms with Crippen LogP contribution in [0.15, 0.2) is 18.2 Å². The molecule has 5 nitrogen and oxygen atoms in total. The fourth-order valence-electron chi connectivity index (χ4n) is 1.92. The van der Waals surface area contributed by atoms with Crippen molar-refractivity contribution in [2.45, 2.75) is 19.3 Å². The lowest BCUT2D eigenvalue weighted by atomic mass is 9.99. The minimum absolute atomic E-state index is 0.0427. The highest BCUT2D eigenvalue weighted by Gasteiger charge is 2.39. The third-order valence-electron chi connectivity index (χ3n) is 2.92. The molecule has 0 bridgehead atoms. The summed E-state index contributed by atoms with van der Waals surface area (Å²) in [4.78, 5) is 11.7. The van der Waals surface area contributed by atoms with E-state index in [1.807, 2.05) is 5.21 Å². The van der Waals surface area contributed by atoms with E-state index in [0.29, 0.717) is 12.1 Å². The van der Waals surface area contributed by atoms with Gasteiger partial charge >= 0.3 is 18.3 Å². The van der Waals surface area contributed by atoms with Gasteiger partial charge in [0, 0.05) is 5.56 Å². The molecule has 2 aromatic rings. The second-order valence-electron chi connectivity index (χ2n) is 4.50. The zero-order valence-corrected chi connectivity index (χ0v) is 11.9. The van der Waals surface area contributed by atoms with Crippen molar-refractivity contribution in [1.29, 1.82) is 0 Å². The van der Waals surface area contributed by atoms with Gasteiger partial charge in [-0.15, -0.1) is 5.10 Å². The van der Waals surface area contributed by atoms with E-state index in [1.54, 1.807) is 0 Å². The van der Waals surface area contributed by atoms with Crippen molar-refractivity contribution in [2.24, 2.45) is 0 Å². The van der Waals surface area contributed by atoms with Gasteiger partial charge in [0.25, 0.3) is 0 Å². The van der Waals surface area contributed by atoms with Crippen LogP contribution >= 0.6 is 0 Å². The Morgan fingerprint density at radius 3 is 2.33 bits per heavy atom. The van der Waals surface area contributed by atoms with Crippen molar-refractivity contribution in [1.82, 2.24) is 15.4 Å². The monoisotopic (exact) mass is 353 g/mol. The van der Waals surface area contributed by atoms with Gasteiger partial charge in [-0.25, -0.2) is 4.79 Å². The first-order valence-corrected chi connectivity index (χ1v) is 6.42. The molecule has 1 N–H and O–H groups in total. The molecular formula is C13H9F6N3O2. The molecule has 0 radical (unpaired) electrons. The summed E-state index contributed by atoms with van der Waals surface area (Å²) in [7, 11) is 0. The van der Waals surface area contributed by atoms with Crippen LogP contribution in [-0.4, -0.2) is 28.0 Å². The van der Waals surface area contributed by atoms with Crippen molar-refractivity contribution >= 4 is 5.97 Å². The third kappa shape index (κ3) is 3.49. The molecule has 0 spiro atoms. The predicted octanol–water partition coefficient (Wildman–Crippen LogP) is 3.69. The SMILES string of the molecule is CCOC(=O)c1n[nH]nc1-c1ccc(C(F)(F)F)cc1C(F)(F)F. The molecule has 24 heavy (non-hydrogen) atoms. The Bertz CT molecular complexity index is 751. The highest BCUT2D eigenvalue weighted by molar-refractivity contribution is 5.94. The van der Waals surface area contributed by atoms with Gasteiger partial charge in [0.2, 0.25) is 0 Å². The highest BCUT2D eigenvalue weighted by Crippen LogP contribution is 2.40. The summed E-state index contributed by atoms with van der Waals surface area (Å²) >= 11 is 0. The van der Waals surface area contributed by atoms with Crippen molar-refractivity contribution in [3.8, 4) is 11.3 Å². The molecule has 130 valence electrons. The van der Waals surface area contributed by atoms with Crippen LogP contribution < -0.4 is 0 Å². The summed E-state index contributed by atoms with van der Waals surface area (Å²) in [6.45, 7) is 1.40. The van der Waals surface area contributed by atoms with Gasteiger partial charge < -0.3 is 4.74 Å². The minimum atomic E-state index is -5.10. The number of alkyl halides is 6. The number of H-pyrrole nitrogens is 1. The van der Waals surface area contributed by atoms with E-state index >= 15 is 0 Å². The van der Waals surface area contributed by atoms with Crippen LogP contribution in [0.1, 0.15) is 28.5 Å². The van der Waals surface area contributed by atoms with Crippen molar-refractivity contribution in [3.63, 3.8) is 0 Å². The molecule has 0 aliphatic carbocycles. The number of carbonyl (C=O) groups is 1. The smallest absolute Gasteiger partial charge is 0.417 e. The first kappa shape index (κ1) is 17.8. The fraction of sp³-hybridized carbons (Fsp3) is 0.308. The van der Waals surface area contributed by atoms with Crippen molar-refractivity contribution in [3.05, 3.63) is 35.0 Å². The lowest BCUT2D eigenvalue weighted by molar-refractivity contribution is -0.142. The van der Waals surface area contributed by atoms with Gasteiger partial charge in [-0.2, -0.15) is 36.7 Å². The Labute approximate surface area is 130 Å². The average molecular weight is 353 g/mol. The molecular weight excluding hydrogens is 344 g/mol. The zero-order chi connectivity index (χ0) is 18.1. The quantitative estimate of drug-likeness (QED) is 0.675. The number of benzene rings is 1. The number of esters is 1. The van der Waals surface area contributed by atoms with Gasteiger partial charge in [0.1, 0.15) is 5.69 Å². The Morgan fingerprint density at radius 2 is 1.79 bits per heavy atom. The van der Waals surface area contributed by atoms with E-state index < -0.39 is 46.4 Å². The predicted molar refractivity (Wildman–Crippen MR) is 67.8 cm³/mol. The third-order valence-corrected chi connectivity index (χ3v) is 2.92. The molecule has 1 aromatic carbocycles. The average Bonchev–Trinajstić information content (AvgIpc) is 2.94. The molecule has 1 aromatic heterocycles. The number of aromatic amines is 1. The first-order chi connectivity index (χ1) is 11.1. The van der Waals surface area contributed by atoms with Crippen LogP contribution in [0.2, 0.25) is 0 Å². The molecule has 11 heteroatoms. The molecule has 0 atom stereocenters. The summed E-state index contributed by atoms with van der Waals surface area (Å²) in [5.41, 5.74) is -4.87. The Hall–Kier alpha value is -2.59. The van der Waals surface area contributed by atoms with Crippen LogP contribution in [0.5, 0.6) is 0 Å². The number of nitrogens with one attached hydrogen (secondary N) is 1. The van der Waals surface area contributed by atoms with Crippen LogP contribution in [0.4, 0.5) is 26.3 Å². The maximum absolute atomic E-state index is 13.1. The van der Waals surface area contributed by atoms with Gasteiger partial charge in [0.15, 0.2) is 5.69 Å². The van der Waals surface area contributed by atoms with Gasteiger partial charge in [0.05, 0.1) is 17.7 Å². The molecule has 0 amide bonds. The lowest BCUT2D eigenvalue weighted by Crippen LogP contribution is -2.13. The Balaban J connectivity index is 2.64. The molecule has 0 fully saturated rings. The van der Waals surface area contributed by atoms with E-state index in [1.165, 1.54) is 6.92 Å². The molecule has 0 aliphatic rings. The summed E-state index contributed by atoms with van der Waals surface area (Å²) in [5.74, 6) is -1.05. The maximum Gasteiger partial charge on any atom is 0.417 e. The topological polar surface area (TPSA) is 67.9 Å². The molecule has 0 saturated heterocycles. The van der Waals surface area contributed by atoms with Crippen LogP contribution in [0.3, 0.4) is 0 Å². The summed E-state index contributed by atoms with van der Waals surface area (Å²) in [6, 6.07) is 1.01. The Morgan fingerprint density at radius 1 is 1.12 bits per heavy atom. The number of carbonyl (C=O) groups excluding carboxylic acids is 1. The second kappa shape index (κ2) is 6.13. The molecule has 0 aliphatic heterocycles. The standard InChI is InChI=1S/C13H9F6N3O2/c1-2-24-11(23)10-9(20-22-21-10)7-4-3-6(12(14,15)16)5-8(7)13(17,18)19/h3-5H,2H2,1H3,(H,20,21,22). The number of hydrogen-bond donors (Lipinski definition) is 1. The van der Waals surface area contributed by atoms with E-state index in [-0.39, 0.29) is 12.7 Å². The van der Waals surface area contributed by atoms with E-state index in [2.05, 4.69) is 14.9 Å². The summed E-state index contributed by atoms with van der Waals surface area (Å²) in [6.07, 6.45) is -10.0. The number of aromatic nitrogens is 3. The summed E-state index contributed by atoms with van der Waals surface area (Å²) < 4.78 is 82.1. The van der Waals surface area contributed by atoms with Gasteiger partial charge in [-0.3, -0.25) is 0 Å². The van der Waals surface area contributed by atoms with E-state index in [4.69, 9.17) is 0 Å². The van der Waals surface area contributed by atoms with E-state index in [9.17, 15) is 31.1 Å². The van der Waals surface area contributed by atoms with Crippen molar-refractivity contribution < 1.29 is 35.9 Å². The second-order valence-corrected chi connectivity index (χ2v) is 4.50. The summed E-state index contributed by atoms with van der Waals surface area (Å²) in [5, 5.41) is 8.81. The normalized spacial score (nSPS) is 12.3. The Kier molecular flexibility index (Phi) is 4.54. The zero-order valence-electron chi connectivity index (χ0n) is 11.9. The van der Waals surface area contributed by atoms with Crippen LogP contribution in [-0.2, 0) is 17.1 Å². The largest absolute Gasteiger partial charge is 0.461 e. The van der Waals surface area contributed by atoms with Gasteiger partial charge in [-0.1, -0.05) is 6.07 Å². The molecule has 0 unspecified atom stereocenters. The van der Waals surface area contributed by atoms with Crippen LogP contribution in [0.25, 0.3) is 11.3 Å². The molecule has 0 saturated carbocycles. The molecule has 1 heterocycles. The van der Waals surface area contributed by atoms with Gasteiger partial charge in [-0.05, 0) is 19.1 Å². The fourth-order valence-corrected chi connectivity index (χ4v) is 1.92. The number of rotatable bonds is 3. The number of hydrogen-bond acceptors (Lipinski definition) is 4. The van der Waals surface area contributed by atoms with E-state index in [0.717, 1.165) is 0 Å². The van der Waals surface area contributed by atoms with Crippen molar-refractivity contribution in [2.75, 3.05) is 6.61 Å². The minimum Gasteiger partial charge on any atom is -0.461 e. The number of halogens is 6. The number of nitrogens with zero attached hydrogens (tertiary/aromatic N) is 2. The molecule has 2 rings (SSSR count). The van der Waals surface area contributed by atoms with Crippen LogP contribution in [0, 0.1) is 0 Å². The maximum atomic E-state index is 13.1. The number of ether oxygens (including phenoxy) is 1. The first-order valence-electron chi connectivity index (χ1n) is 6.42.